The number of aromatic nitrogens is 1. The average molecular weight is 450 g/mol. The molecule has 162 valence electrons. The molecule has 0 radical (unpaired) electrons. The lowest BCUT2D eigenvalue weighted by molar-refractivity contribution is -0.127. The molecule has 4 aliphatic rings. The van der Waals surface area contributed by atoms with Crippen LogP contribution in [0.5, 0.6) is 0 Å². The Morgan fingerprint density at radius 1 is 1.18 bits per heavy atom. The summed E-state index contributed by atoms with van der Waals surface area (Å²) in [5.41, 5.74) is 4.88. The quantitative estimate of drug-likeness (QED) is 0.541. The highest BCUT2D eigenvalue weighted by atomic mass is 32.1. The second-order valence-electron chi connectivity index (χ2n) is 9.41. The van der Waals surface area contributed by atoms with E-state index < -0.39 is 10.8 Å². The van der Waals surface area contributed by atoms with Gasteiger partial charge in [0.25, 0.3) is 0 Å². The number of rotatable bonds is 4. The standard InChI is InChI=1S/C28H23N3OS/c1-27(25(32)31-26-30-19(15-33-26)14-18-8-2-3-9-18)16-28(17-29)22-12-6-4-10-20(22)24(27)21-11-5-7-13-23(21)28/h2,4-13,15,24H,3,14,16H2,1H3,(H,30,31,32). The van der Waals surface area contributed by atoms with E-state index in [0.29, 0.717) is 11.6 Å². The van der Waals surface area contributed by atoms with Crippen molar-refractivity contribution in [3.05, 3.63) is 106 Å². The first kappa shape index (κ1) is 20.1. The first-order valence-corrected chi connectivity index (χ1v) is 12.1. The molecular formula is C28H23N3OS. The number of hydrogen-bond donors (Lipinski definition) is 1. The van der Waals surface area contributed by atoms with Gasteiger partial charge in [0, 0.05) is 17.7 Å². The summed E-state index contributed by atoms with van der Waals surface area (Å²) in [5.74, 6) is -0.176. The van der Waals surface area contributed by atoms with Crippen molar-refractivity contribution in [3.63, 3.8) is 0 Å². The van der Waals surface area contributed by atoms with Gasteiger partial charge < -0.3 is 5.32 Å². The summed E-state index contributed by atoms with van der Waals surface area (Å²) >= 11 is 1.46. The van der Waals surface area contributed by atoms with Crippen LogP contribution in [0.25, 0.3) is 0 Å². The predicted molar refractivity (Wildman–Crippen MR) is 130 cm³/mol. The highest BCUT2D eigenvalue weighted by Crippen LogP contribution is 2.63. The van der Waals surface area contributed by atoms with Crippen LogP contribution in [0, 0.1) is 16.7 Å². The number of carbonyl (C=O) groups excluding carboxylic acids is 1. The molecule has 2 aromatic carbocycles. The first-order chi connectivity index (χ1) is 16.0. The molecule has 0 fully saturated rings. The Kier molecular flexibility index (Phi) is 4.43. The molecule has 1 amide bonds. The lowest BCUT2D eigenvalue weighted by Crippen LogP contribution is -2.53. The summed E-state index contributed by atoms with van der Waals surface area (Å²) < 4.78 is 0. The zero-order chi connectivity index (χ0) is 22.6. The van der Waals surface area contributed by atoms with Crippen LogP contribution in [0.3, 0.4) is 0 Å². The second kappa shape index (κ2) is 7.26. The molecule has 2 bridgehead atoms. The van der Waals surface area contributed by atoms with Crippen molar-refractivity contribution >= 4 is 22.4 Å². The largest absolute Gasteiger partial charge is 0.301 e. The molecule has 0 saturated carbocycles. The summed E-state index contributed by atoms with van der Waals surface area (Å²) in [6.45, 7) is 2.01. The van der Waals surface area contributed by atoms with Crippen molar-refractivity contribution in [1.82, 2.24) is 4.98 Å². The van der Waals surface area contributed by atoms with E-state index in [9.17, 15) is 10.1 Å². The summed E-state index contributed by atoms with van der Waals surface area (Å²) in [6, 6.07) is 18.9. The molecule has 0 saturated heterocycles. The SMILES string of the molecule is CC1(C(=O)Nc2nc(CC3=CCC=C3)cs2)CC2(C#N)c3ccccc3C1c1ccccc12. The van der Waals surface area contributed by atoms with E-state index in [2.05, 4.69) is 58.9 Å². The molecule has 0 aliphatic heterocycles. The molecule has 1 unspecified atom stereocenters. The van der Waals surface area contributed by atoms with Crippen molar-refractivity contribution in [2.24, 2.45) is 5.41 Å². The number of amides is 1. The highest BCUT2D eigenvalue weighted by molar-refractivity contribution is 7.13. The van der Waals surface area contributed by atoms with Crippen LogP contribution in [0.2, 0.25) is 0 Å². The molecule has 1 atom stereocenters. The minimum Gasteiger partial charge on any atom is -0.301 e. The van der Waals surface area contributed by atoms with E-state index in [4.69, 9.17) is 0 Å². The normalized spacial score (nSPS) is 26.3. The predicted octanol–water partition coefficient (Wildman–Crippen LogP) is 5.88. The summed E-state index contributed by atoms with van der Waals surface area (Å²) in [4.78, 5) is 18.5. The third-order valence-electron chi connectivity index (χ3n) is 7.45. The van der Waals surface area contributed by atoms with Gasteiger partial charge in [-0.05, 0) is 47.6 Å². The number of benzene rings is 2. The van der Waals surface area contributed by atoms with E-state index >= 15 is 0 Å². The van der Waals surface area contributed by atoms with Crippen LogP contribution in [0.1, 0.15) is 53.6 Å². The van der Waals surface area contributed by atoms with Gasteiger partial charge in [0.2, 0.25) is 5.91 Å². The molecule has 4 aliphatic carbocycles. The average Bonchev–Trinajstić information content (AvgIpc) is 3.51. The molecular weight excluding hydrogens is 426 g/mol. The van der Waals surface area contributed by atoms with E-state index in [-0.39, 0.29) is 11.8 Å². The number of nitriles is 1. The fraction of sp³-hybridized carbons (Fsp3) is 0.250. The van der Waals surface area contributed by atoms with Crippen molar-refractivity contribution in [3.8, 4) is 6.07 Å². The number of nitrogens with one attached hydrogen (secondary N) is 1. The molecule has 1 aromatic heterocycles. The van der Waals surface area contributed by atoms with Gasteiger partial charge in [0.05, 0.1) is 17.2 Å². The Labute approximate surface area is 197 Å². The van der Waals surface area contributed by atoms with E-state index in [0.717, 1.165) is 40.8 Å². The minimum absolute atomic E-state index is 0.0722. The van der Waals surface area contributed by atoms with Crippen molar-refractivity contribution in [2.45, 2.75) is 37.5 Å². The van der Waals surface area contributed by atoms with E-state index in [1.54, 1.807) is 0 Å². The molecule has 33 heavy (non-hydrogen) atoms. The zero-order valence-corrected chi connectivity index (χ0v) is 19.2. The molecule has 7 rings (SSSR count). The summed E-state index contributed by atoms with van der Waals surface area (Å²) in [7, 11) is 0. The van der Waals surface area contributed by atoms with Gasteiger partial charge in [-0.25, -0.2) is 4.98 Å². The maximum Gasteiger partial charge on any atom is 0.233 e. The Morgan fingerprint density at radius 3 is 2.52 bits per heavy atom. The maximum atomic E-state index is 13.8. The van der Waals surface area contributed by atoms with Crippen LogP contribution in [0.4, 0.5) is 5.13 Å². The molecule has 3 aromatic rings. The zero-order valence-electron chi connectivity index (χ0n) is 18.3. The Balaban J connectivity index is 1.38. The third-order valence-corrected chi connectivity index (χ3v) is 8.25. The third kappa shape index (κ3) is 2.87. The number of hydrogen-bond acceptors (Lipinski definition) is 4. The first-order valence-electron chi connectivity index (χ1n) is 11.3. The van der Waals surface area contributed by atoms with E-state index in [1.165, 1.54) is 16.9 Å². The van der Waals surface area contributed by atoms with Gasteiger partial charge in [-0.1, -0.05) is 66.8 Å². The minimum atomic E-state index is -0.830. The summed E-state index contributed by atoms with van der Waals surface area (Å²) in [5, 5.41) is 16.2. The number of nitrogens with zero attached hydrogens (tertiary/aromatic N) is 2. The number of thiazole rings is 1. The van der Waals surface area contributed by atoms with Crippen LogP contribution in [-0.2, 0) is 16.6 Å². The van der Waals surface area contributed by atoms with Crippen LogP contribution in [-0.4, -0.2) is 10.9 Å². The molecule has 4 nitrogen and oxygen atoms in total. The number of carbonyl (C=O) groups is 1. The fourth-order valence-corrected chi connectivity index (χ4v) is 6.73. The fourth-order valence-electron chi connectivity index (χ4n) is 6.02. The molecule has 1 N–H and O–H groups in total. The lowest BCUT2D eigenvalue weighted by Gasteiger charge is -2.54. The Bertz CT molecular complexity index is 1340. The monoisotopic (exact) mass is 449 g/mol. The van der Waals surface area contributed by atoms with Gasteiger partial charge >= 0.3 is 0 Å². The summed E-state index contributed by atoms with van der Waals surface area (Å²) in [6.07, 6.45) is 8.69. The number of anilines is 1. The van der Waals surface area contributed by atoms with Crippen molar-refractivity contribution < 1.29 is 4.79 Å². The van der Waals surface area contributed by atoms with Gasteiger partial charge in [0.1, 0.15) is 5.41 Å². The Hall–Kier alpha value is -3.49. The van der Waals surface area contributed by atoms with Crippen molar-refractivity contribution in [2.75, 3.05) is 5.32 Å². The maximum absolute atomic E-state index is 13.8. The van der Waals surface area contributed by atoms with Crippen LogP contribution in [0.15, 0.2) is 77.7 Å². The Morgan fingerprint density at radius 2 is 1.88 bits per heavy atom. The van der Waals surface area contributed by atoms with Crippen molar-refractivity contribution in [1.29, 1.82) is 5.26 Å². The topological polar surface area (TPSA) is 65.8 Å². The molecule has 0 spiro atoms. The lowest BCUT2D eigenvalue weighted by atomic mass is 9.47. The number of allylic oxidation sites excluding steroid dienone is 4. The van der Waals surface area contributed by atoms with Crippen LogP contribution >= 0.6 is 11.3 Å². The van der Waals surface area contributed by atoms with E-state index in [1.807, 2.05) is 36.6 Å². The smallest absolute Gasteiger partial charge is 0.233 e. The number of fused-ring (bicyclic) bond motifs is 1. The van der Waals surface area contributed by atoms with Gasteiger partial charge in [-0.3, -0.25) is 4.79 Å². The van der Waals surface area contributed by atoms with Gasteiger partial charge in [-0.15, -0.1) is 11.3 Å². The highest BCUT2D eigenvalue weighted by Gasteiger charge is 2.61. The molecule has 5 heteroatoms. The van der Waals surface area contributed by atoms with Crippen LogP contribution < -0.4 is 5.32 Å². The molecule has 1 heterocycles. The van der Waals surface area contributed by atoms with Gasteiger partial charge in [0.15, 0.2) is 5.13 Å². The van der Waals surface area contributed by atoms with Gasteiger partial charge in [-0.2, -0.15) is 5.26 Å². The second-order valence-corrected chi connectivity index (χ2v) is 10.3.